The van der Waals surface area contributed by atoms with E-state index in [2.05, 4.69) is 15.4 Å². The molecule has 2 heterocycles. The minimum absolute atomic E-state index is 0.155. The maximum absolute atomic E-state index is 12.5. The zero-order chi connectivity index (χ0) is 19.6. The summed E-state index contributed by atoms with van der Waals surface area (Å²) >= 11 is 0. The van der Waals surface area contributed by atoms with E-state index in [-0.39, 0.29) is 22.9 Å². The van der Waals surface area contributed by atoms with Crippen LogP contribution in [0, 0.1) is 24.0 Å². The predicted octanol–water partition coefficient (Wildman–Crippen LogP) is 2.40. The lowest BCUT2D eigenvalue weighted by Gasteiger charge is -2.11. The van der Waals surface area contributed by atoms with Gasteiger partial charge >= 0.3 is 0 Å². The molecular weight excluding hydrogens is 350 g/mol. The Hall–Kier alpha value is -3.88. The van der Waals surface area contributed by atoms with E-state index in [0.717, 1.165) is 0 Å². The van der Waals surface area contributed by atoms with Crippen LogP contribution in [0.15, 0.2) is 53.3 Å². The smallest absolute Gasteiger partial charge is 0.294 e. The van der Waals surface area contributed by atoms with Crippen LogP contribution in [-0.2, 0) is 0 Å². The quantitative estimate of drug-likeness (QED) is 0.560. The highest BCUT2D eigenvalue weighted by molar-refractivity contribution is 6.02. The molecule has 1 amide bonds. The number of pyridine rings is 1. The van der Waals surface area contributed by atoms with Crippen molar-refractivity contribution < 1.29 is 9.72 Å². The second-order valence-corrected chi connectivity index (χ2v) is 5.77. The molecule has 1 N–H and O–H groups in total. The molecule has 0 saturated carbocycles. The van der Waals surface area contributed by atoms with E-state index in [0.29, 0.717) is 11.4 Å². The number of hydrogen-bond donors (Lipinski definition) is 1. The number of nitro groups is 1. The van der Waals surface area contributed by atoms with Crippen molar-refractivity contribution in [3.05, 3.63) is 86.0 Å². The second-order valence-electron chi connectivity index (χ2n) is 5.77. The SMILES string of the molecule is Cc1cccc(NC(=O)c2nn(-c3ccccc3[N+](=O)[O-])c(C)cc2=O)n1. The van der Waals surface area contributed by atoms with Gasteiger partial charge in [0.15, 0.2) is 5.69 Å². The number of aromatic nitrogens is 3. The first kappa shape index (κ1) is 17.9. The van der Waals surface area contributed by atoms with E-state index >= 15 is 0 Å². The molecule has 0 radical (unpaired) electrons. The molecule has 0 aliphatic rings. The lowest BCUT2D eigenvalue weighted by atomic mass is 10.2. The van der Waals surface area contributed by atoms with Crippen molar-refractivity contribution >= 4 is 17.4 Å². The summed E-state index contributed by atoms with van der Waals surface area (Å²) in [5.74, 6) is -0.468. The summed E-state index contributed by atoms with van der Waals surface area (Å²) in [6.07, 6.45) is 0. The van der Waals surface area contributed by atoms with Crippen LogP contribution in [0.25, 0.3) is 5.69 Å². The number of nitro benzene ring substituents is 1. The van der Waals surface area contributed by atoms with Crippen molar-refractivity contribution in [2.75, 3.05) is 5.32 Å². The van der Waals surface area contributed by atoms with E-state index in [4.69, 9.17) is 0 Å². The average Bonchev–Trinajstić information content (AvgIpc) is 2.61. The van der Waals surface area contributed by atoms with Gasteiger partial charge in [0, 0.05) is 23.5 Å². The highest BCUT2D eigenvalue weighted by Crippen LogP contribution is 2.22. The summed E-state index contributed by atoms with van der Waals surface area (Å²) in [5.41, 5.74) is 0.0438. The molecule has 136 valence electrons. The Balaban J connectivity index is 2.06. The Kier molecular flexibility index (Phi) is 4.75. The highest BCUT2D eigenvalue weighted by Gasteiger charge is 2.20. The Bertz CT molecular complexity index is 1110. The van der Waals surface area contributed by atoms with Gasteiger partial charge in [0.05, 0.1) is 4.92 Å². The van der Waals surface area contributed by atoms with Crippen molar-refractivity contribution in [2.24, 2.45) is 0 Å². The summed E-state index contributed by atoms with van der Waals surface area (Å²) in [5, 5.41) is 17.9. The highest BCUT2D eigenvalue weighted by atomic mass is 16.6. The van der Waals surface area contributed by atoms with Crippen LogP contribution in [0.4, 0.5) is 11.5 Å². The third kappa shape index (κ3) is 3.71. The number of benzene rings is 1. The lowest BCUT2D eigenvalue weighted by Crippen LogP contribution is -2.27. The minimum Gasteiger partial charge on any atom is -0.305 e. The van der Waals surface area contributed by atoms with E-state index in [1.807, 2.05) is 0 Å². The molecule has 0 fully saturated rings. The van der Waals surface area contributed by atoms with E-state index in [9.17, 15) is 19.7 Å². The first-order valence-corrected chi connectivity index (χ1v) is 7.96. The number of para-hydroxylation sites is 2. The van der Waals surface area contributed by atoms with Gasteiger partial charge in [-0.15, -0.1) is 0 Å². The Morgan fingerprint density at radius 1 is 1.15 bits per heavy atom. The molecular formula is C18H15N5O4. The molecule has 3 aromatic rings. The van der Waals surface area contributed by atoms with E-state index in [1.54, 1.807) is 38.1 Å². The standard InChI is InChI=1S/C18H15N5O4/c1-11-6-5-9-16(19-11)20-18(25)17-15(24)10-12(2)22(21-17)13-7-3-4-8-14(13)23(26)27/h3-10H,1-2H3,(H,19,20,25). The number of hydrogen-bond acceptors (Lipinski definition) is 6. The van der Waals surface area contributed by atoms with Crippen LogP contribution >= 0.6 is 0 Å². The topological polar surface area (TPSA) is 120 Å². The van der Waals surface area contributed by atoms with Gasteiger partial charge in [0.2, 0.25) is 5.43 Å². The largest absolute Gasteiger partial charge is 0.305 e. The van der Waals surface area contributed by atoms with Gasteiger partial charge in [0.25, 0.3) is 11.6 Å². The first-order valence-electron chi connectivity index (χ1n) is 7.96. The van der Waals surface area contributed by atoms with Crippen LogP contribution < -0.4 is 10.7 Å². The fraction of sp³-hybridized carbons (Fsp3) is 0.111. The molecule has 0 bridgehead atoms. The number of rotatable bonds is 4. The van der Waals surface area contributed by atoms with Gasteiger partial charge in [-0.25, -0.2) is 9.67 Å². The summed E-state index contributed by atoms with van der Waals surface area (Å²) in [4.78, 5) is 39.6. The van der Waals surface area contributed by atoms with Gasteiger partial charge in [-0.1, -0.05) is 18.2 Å². The normalized spacial score (nSPS) is 10.4. The summed E-state index contributed by atoms with van der Waals surface area (Å²) in [7, 11) is 0. The zero-order valence-corrected chi connectivity index (χ0v) is 14.5. The predicted molar refractivity (Wildman–Crippen MR) is 98.2 cm³/mol. The monoisotopic (exact) mass is 365 g/mol. The van der Waals surface area contributed by atoms with E-state index < -0.39 is 16.3 Å². The van der Waals surface area contributed by atoms with Crippen LogP contribution in [0.2, 0.25) is 0 Å². The number of nitrogens with one attached hydrogen (secondary N) is 1. The molecule has 0 spiro atoms. The molecule has 0 unspecified atom stereocenters. The number of carbonyl (C=O) groups is 1. The summed E-state index contributed by atoms with van der Waals surface area (Å²) < 4.78 is 1.21. The number of aryl methyl sites for hydroxylation is 2. The van der Waals surface area contributed by atoms with Crippen molar-refractivity contribution in [3.8, 4) is 5.69 Å². The maximum Gasteiger partial charge on any atom is 0.294 e. The van der Waals surface area contributed by atoms with Gasteiger partial charge < -0.3 is 5.32 Å². The fourth-order valence-electron chi connectivity index (χ4n) is 2.53. The molecule has 0 saturated heterocycles. The molecule has 2 aromatic heterocycles. The summed E-state index contributed by atoms with van der Waals surface area (Å²) in [6, 6.07) is 12.2. The Morgan fingerprint density at radius 3 is 2.59 bits per heavy atom. The first-order chi connectivity index (χ1) is 12.9. The van der Waals surface area contributed by atoms with Crippen LogP contribution in [0.5, 0.6) is 0 Å². The minimum atomic E-state index is -0.745. The number of anilines is 1. The number of nitrogens with zero attached hydrogens (tertiary/aromatic N) is 4. The van der Waals surface area contributed by atoms with Gasteiger partial charge in [-0.05, 0) is 32.0 Å². The molecule has 3 rings (SSSR count). The van der Waals surface area contributed by atoms with Crippen LogP contribution in [0.1, 0.15) is 21.9 Å². The lowest BCUT2D eigenvalue weighted by molar-refractivity contribution is -0.384. The zero-order valence-electron chi connectivity index (χ0n) is 14.5. The average molecular weight is 365 g/mol. The Labute approximate surface area is 153 Å². The van der Waals surface area contributed by atoms with Crippen molar-refractivity contribution in [1.29, 1.82) is 0 Å². The molecule has 0 atom stereocenters. The molecule has 0 aliphatic carbocycles. The molecule has 1 aromatic carbocycles. The van der Waals surface area contributed by atoms with Gasteiger partial charge in [-0.3, -0.25) is 19.7 Å². The van der Waals surface area contributed by atoms with Crippen molar-refractivity contribution in [1.82, 2.24) is 14.8 Å². The third-order valence-corrected chi connectivity index (χ3v) is 3.76. The van der Waals surface area contributed by atoms with E-state index in [1.165, 1.54) is 28.9 Å². The molecule has 9 nitrogen and oxygen atoms in total. The molecule has 27 heavy (non-hydrogen) atoms. The third-order valence-electron chi connectivity index (χ3n) is 3.76. The van der Waals surface area contributed by atoms with Crippen molar-refractivity contribution in [3.63, 3.8) is 0 Å². The number of carbonyl (C=O) groups excluding carboxylic acids is 1. The maximum atomic E-state index is 12.5. The number of amides is 1. The molecule has 9 heteroatoms. The van der Waals surface area contributed by atoms with Crippen molar-refractivity contribution in [2.45, 2.75) is 13.8 Å². The second kappa shape index (κ2) is 7.16. The van der Waals surface area contributed by atoms with Gasteiger partial charge in [-0.2, -0.15) is 5.10 Å². The fourth-order valence-corrected chi connectivity index (χ4v) is 2.53. The van der Waals surface area contributed by atoms with Crippen LogP contribution in [0.3, 0.4) is 0 Å². The molecule has 0 aliphatic heterocycles. The summed E-state index contributed by atoms with van der Waals surface area (Å²) in [6.45, 7) is 3.34. The van der Waals surface area contributed by atoms with Crippen LogP contribution in [-0.4, -0.2) is 25.6 Å². The van der Waals surface area contributed by atoms with Gasteiger partial charge in [0.1, 0.15) is 11.5 Å². The Morgan fingerprint density at radius 2 is 1.89 bits per heavy atom.